The van der Waals surface area contributed by atoms with Gasteiger partial charge < -0.3 is 9.32 Å². The van der Waals surface area contributed by atoms with E-state index < -0.39 is 0 Å². The summed E-state index contributed by atoms with van der Waals surface area (Å²) in [6.45, 7) is 1.51. The van der Waals surface area contributed by atoms with E-state index in [9.17, 15) is 0 Å². The van der Waals surface area contributed by atoms with Gasteiger partial charge in [0.1, 0.15) is 0 Å². The van der Waals surface area contributed by atoms with Crippen molar-refractivity contribution in [2.45, 2.75) is 13.1 Å². The van der Waals surface area contributed by atoms with Crippen LogP contribution in [0.15, 0.2) is 69.7 Å². The zero-order chi connectivity index (χ0) is 17.6. The summed E-state index contributed by atoms with van der Waals surface area (Å²) in [5.74, 6) is 0.746. The normalized spacial score (nSPS) is 11.5. The number of azo groups is 1. The van der Waals surface area contributed by atoms with Crippen molar-refractivity contribution >= 4 is 28.3 Å². The van der Waals surface area contributed by atoms with E-state index in [0.717, 1.165) is 29.1 Å². The molecule has 1 heterocycles. The van der Waals surface area contributed by atoms with Crippen LogP contribution in [-0.2, 0) is 13.1 Å². The first kappa shape index (κ1) is 17.8. The molecule has 0 spiro atoms. The topological polar surface area (TPSA) is 54.0 Å². The molecule has 0 aliphatic heterocycles. The third-order valence-electron chi connectivity index (χ3n) is 3.63. The summed E-state index contributed by atoms with van der Waals surface area (Å²) in [5.41, 5.74) is 4.29. The molecule has 0 aliphatic rings. The van der Waals surface area contributed by atoms with Crippen LogP contribution in [0.1, 0.15) is 11.1 Å². The molecule has 25 heavy (non-hydrogen) atoms. The van der Waals surface area contributed by atoms with Crippen molar-refractivity contribution in [1.29, 1.82) is 0 Å². The molecule has 2 aromatic carbocycles. The van der Waals surface area contributed by atoms with Crippen molar-refractivity contribution < 1.29 is 4.42 Å². The molecule has 0 N–H and O–H groups in total. The van der Waals surface area contributed by atoms with Gasteiger partial charge >= 0.3 is 0 Å². The van der Waals surface area contributed by atoms with Crippen LogP contribution in [0.25, 0.3) is 11.3 Å². The maximum atomic E-state index is 5.27. The fourth-order valence-electron chi connectivity index (χ4n) is 2.41. The van der Waals surface area contributed by atoms with E-state index in [-0.39, 0.29) is 0 Å². The summed E-state index contributed by atoms with van der Waals surface area (Å²) in [6.07, 6.45) is 3.12. The molecule has 128 valence electrons. The molecule has 6 heteroatoms. The van der Waals surface area contributed by atoms with Gasteiger partial charge in [0.15, 0.2) is 12.2 Å². The molecule has 0 unspecified atom stereocenters. The van der Waals surface area contributed by atoms with E-state index in [0.29, 0.717) is 6.54 Å². The molecule has 0 saturated heterocycles. The minimum Gasteiger partial charge on any atom is -0.444 e. The molecular formula is C19H19IN4O. The highest BCUT2D eigenvalue weighted by Crippen LogP contribution is 2.23. The first-order valence-electron chi connectivity index (χ1n) is 7.90. The maximum Gasteiger partial charge on any atom is 0.181 e. The molecule has 3 rings (SSSR count). The molecule has 0 aliphatic carbocycles. The van der Waals surface area contributed by atoms with E-state index >= 15 is 0 Å². The van der Waals surface area contributed by atoms with Gasteiger partial charge in [-0.3, -0.25) is 0 Å². The van der Waals surface area contributed by atoms with Crippen molar-refractivity contribution in [2.24, 2.45) is 10.2 Å². The summed E-state index contributed by atoms with van der Waals surface area (Å²) in [6, 6.07) is 14.2. The summed E-state index contributed by atoms with van der Waals surface area (Å²) in [5, 5.41) is 8.60. The third-order valence-corrected chi connectivity index (χ3v) is 4.63. The van der Waals surface area contributed by atoms with Crippen LogP contribution in [0.4, 0.5) is 5.69 Å². The SMILES string of the molecule is CN(C)Cc1ccc(CN=Nc2ccc(-c3cnco3)cc2)cc1I. The highest BCUT2D eigenvalue weighted by atomic mass is 127. The van der Waals surface area contributed by atoms with Gasteiger partial charge in [0, 0.05) is 15.7 Å². The second-order valence-corrected chi connectivity index (χ2v) is 7.14. The van der Waals surface area contributed by atoms with Gasteiger partial charge in [-0.25, -0.2) is 4.98 Å². The third kappa shape index (κ3) is 4.96. The smallest absolute Gasteiger partial charge is 0.181 e. The molecular weight excluding hydrogens is 427 g/mol. The van der Waals surface area contributed by atoms with Gasteiger partial charge in [-0.1, -0.05) is 12.1 Å². The van der Waals surface area contributed by atoms with Crippen LogP contribution in [-0.4, -0.2) is 24.0 Å². The fourth-order valence-corrected chi connectivity index (χ4v) is 3.16. The zero-order valence-corrected chi connectivity index (χ0v) is 16.3. The molecule has 0 bridgehead atoms. The first-order chi connectivity index (χ1) is 12.1. The van der Waals surface area contributed by atoms with Gasteiger partial charge in [0.05, 0.1) is 18.4 Å². The molecule has 0 atom stereocenters. The molecule has 0 radical (unpaired) electrons. The molecule has 0 saturated carbocycles. The van der Waals surface area contributed by atoms with E-state index in [2.05, 4.69) is 75.0 Å². The number of nitrogens with zero attached hydrogens (tertiary/aromatic N) is 4. The molecule has 5 nitrogen and oxygen atoms in total. The minimum absolute atomic E-state index is 0.572. The monoisotopic (exact) mass is 446 g/mol. The summed E-state index contributed by atoms with van der Waals surface area (Å²) in [4.78, 5) is 6.09. The highest BCUT2D eigenvalue weighted by molar-refractivity contribution is 14.1. The number of benzene rings is 2. The Kier molecular flexibility index (Phi) is 5.93. The van der Waals surface area contributed by atoms with Crippen LogP contribution < -0.4 is 0 Å². The molecule has 3 aromatic rings. The number of rotatable bonds is 6. The molecule has 1 aromatic heterocycles. The van der Waals surface area contributed by atoms with Crippen LogP contribution in [0.3, 0.4) is 0 Å². The Morgan fingerprint density at radius 3 is 2.56 bits per heavy atom. The lowest BCUT2D eigenvalue weighted by molar-refractivity contribution is 0.401. The van der Waals surface area contributed by atoms with Crippen molar-refractivity contribution in [1.82, 2.24) is 9.88 Å². The van der Waals surface area contributed by atoms with E-state index in [1.165, 1.54) is 15.5 Å². The standard InChI is InChI=1S/C19H19IN4O/c1-24(2)12-16-4-3-14(9-18(16)20)10-22-23-17-7-5-15(6-8-17)19-11-21-13-25-19/h3-9,11,13H,10,12H2,1-2H3. The van der Waals surface area contributed by atoms with Crippen LogP contribution >= 0.6 is 22.6 Å². The predicted molar refractivity (Wildman–Crippen MR) is 107 cm³/mol. The quantitative estimate of drug-likeness (QED) is 0.382. The van der Waals surface area contributed by atoms with Crippen LogP contribution in [0, 0.1) is 3.57 Å². The Bertz CT molecular complexity index is 842. The largest absolute Gasteiger partial charge is 0.444 e. The molecule has 0 fully saturated rings. The number of oxazole rings is 1. The van der Waals surface area contributed by atoms with E-state index in [1.54, 1.807) is 6.20 Å². The van der Waals surface area contributed by atoms with Crippen LogP contribution in [0.2, 0.25) is 0 Å². The lowest BCUT2D eigenvalue weighted by Gasteiger charge is -2.11. The lowest BCUT2D eigenvalue weighted by Crippen LogP contribution is -2.11. The Morgan fingerprint density at radius 1 is 1.12 bits per heavy atom. The van der Waals surface area contributed by atoms with Crippen molar-refractivity contribution in [2.75, 3.05) is 14.1 Å². The maximum absolute atomic E-state index is 5.27. The Morgan fingerprint density at radius 2 is 1.92 bits per heavy atom. The second-order valence-electron chi connectivity index (χ2n) is 5.98. The van der Waals surface area contributed by atoms with Gasteiger partial charge in [-0.2, -0.15) is 10.2 Å². The average Bonchev–Trinajstić information content (AvgIpc) is 3.12. The Labute approximate surface area is 160 Å². The Balaban J connectivity index is 1.62. The highest BCUT2D eigenvalue weighted by Gasteiger charge is 2.03. The van der Waals surface area contributed by atoms with Gasteiger partial charge in [-0.05, 0) is 78.1 Å². The number of hydrogen-bond acceptors (Lipinski definition) is 5. The fraction of sp³-hybridized carbons (Fsp3) is 0.211. The first-order valence-corrected chi connectivity index (χ1v) is 8.98. The second kappa shape index (κ2) is 8.35. The van der Waals surface area contributed by atoms with Crippen molar-refractivity contribution in [3.63, 3.8) is 0 Å². The number of halogens is 1. The zero-order valence-electron chi connectivity index (χ0n) is 14.2. The van der Waals surface area contributed by atoms with Gasteiger partial charge in [0.2, 0.25) is 0 Å². The summed E-state index contributed by atoms with van der Waals surface area (Å²) >= 11 is 2.38. The lowest BCUT2D eigenvalue weighted by atomic mass is 10.1. The van der Waals surface area contributed by atoms with Gasteiger partial charge in [0.25, 0.3) is 0 Å². The molecule has 0 amide bonds. The van der Waals surface area contributed by atoms with E-state index in [4.69, 9.17) is 4.42 Å². The Hall–Kier alpha value is -2.06. The van der Waals surface area contributed by atoms with E-state index in [1.807, 2.05) is 24.3 Å². The van der Waals surface area contributed by atoms with Gasteiger partial charge in [-0.15, -0.1) is 0 Å². The summed E-state index contributed by atoms with van der Waals surface area (Å²) in [7, 11) is 4.15. The number of aromatic nitrogens is 1. The van der Waals surface area contributed by atoms with Crippen molar-refractivity contribution in [3.8, 4) is 11.3 Å². The number of hydrogen-bond donors (Lipinski definition) is 0. The van der Waals surface area contributed by atoms with Crippen molar-refractivity contribution in [3.05, 3.63) is 69.8 Å². The predicted octanol–water partition coefficient (Wildman–Crippen LogP) is 5.29. The van der Waals surface area contributed by atoms with Crippen LogP contribution in [0.5, 0.6) is 0 Å². The summed E-state index contributed by atoms with van der Waals surface area (Å²) < 4.78 is 6.53. The average molecular weight is 446 g/mol. The minimum atomic E-state index is 0.572.